The zero-order valence-electron chi connectivity index (χ0n) is 5.69. The number of alkyl halides is 2. The molecule has 0 spiro atoms. The molecule has 0 saturated heterocycles. The topological polar surface area (TPSA) is 52.0 Å². The molecule has 0 aromatic heterocycles. The van der Waals surface area contributed by atoms with Crippen molar-refractivity contribution in [2.45, 2.75) is 37.3 Å². The molecular formula is C6H12F2N2. The van der Waals surface area contributed by atoms with Crippen LogP contribution in [0.2, 0.25) is 0 Å². The van der Waals surface area contributed by atoms with Gasteiger partial charge in [0, 0.05) is 12.5 Å². The Labute approximate surface area is 58.6 Å². The molecule has 4 heteroatoms. The summed E-state index contributed by atoms with van der Waals surface area (Å²) in [6.45, 7) is 0. The van der Waals surface area contributed by atoms with Gasteiger partial charge in [-0.2, -0.15) is 0 Å². The van der Waals surface area contributed by atoms with Gasteiger partial charge < -0.3 is 11.5 Å². The molecule has 0 aromatic rings. The van der Waals surface area contributed by atoms with Gasteiger partial charge in [-0.05, 0) is 12.8 Å². The van der Waals surface area contributed by atoms with Crippen LogP contribution in [0.5, 0.6) is 0 Å². The van der Waals surface area contributed by atoms with E-state index in [1.54, 1.807) is 0 Å². The summed E-state index contributed by atoms with van der Waals surface area (Å²) in [6.07, 6.45) is 1.00. The summed E-state index contributed by atoms with van der Waals surface area (Å²) in [5.41, 5.74) is 10.5. The van der Waals surface area contributed by atoms with Crippen molar-refractivity contribution in [1.82, 2.24) is 0 Å². The standard InChI is InChI=1S/C6H12F2N2/c7-6(8)3-1-2-4(9)5(6)10/h4-5H,1-3,9-10H2/t4?,5-/m1/s1. The van der Waals surface area contributed by atoms with Gasteiger partial charge in [-0.3, -0.25) is 0 Å². The number of nitrogens with two attached hydrogens (primary N) is 2. The second-order valence-electron chi connectivity index (χ2n) is 2.84. The molecule has 0 radical (unpaired) electrons. The molecule has 2 atom stereocenters. The third-order valence-electron chi connectivity index (χ3n) is 2.00. The number of halogens is 2. The van der Waals surface area contributed by atoms with E-state index < -0.39 is 18.0 Å². The van der Waals surface area contributed by atoms with E-state index in [1.165, 1.54) is 0 Å². The maximum absolute atomic E-state index is 12.6. The molecule has 0 aromatic carbocycles. The highest BCUT2D eigenvalue weighted by atomic mass is 19.3. The highest BCUT2D eigenvalue weighted by Gasteiger charge is 2.43. The Bertz CT molecular complexity index is 127. The number of hydrogen-bond donors (Lipinski definition) is 2. The molecular weight excluding hydrogens is 138 g/mol. The van der Waals surface area contributed by atoms with Crippen LogP contribution >= 0.6 is 0 Å². The van der Waals surface area contributed by atoms with Crippen LogP contribution in [0.15, 0.2) is 0 Å². The molecule has 1 fully saturated rings. The molecule has 60 valence electrons. The van der Waals surface area contributed by atoms with Gasteiger partial charge in [-0.15, -0.1) is 0 Å². The van der Waals surface area contributed by atoms with Crippen molar-refractivity contribution in [1.29, 1.82) is 0 Å². The Morgan fingerprint density at radius 2 is 1.90 bits per heavy atom. The average Bonchev–Trinajstić information content (AvgIpc) is 1.83. The van der Waals surface area contributed by atoms with Gasteiger partial charge in [0.15, 0.2) is 0 Å². The molecule has 10 heavy (non-hydrogen) atoms. The molecule has 1 unspecified atom stereocenters. The lowest BCUT2D eigenvalue weighted by molar-refractivity contribution is -0.0578. The van der Waals surface area contributed by atoms with Crippen molar-refractivity contribution in [3.63, 3.8) is 0 Å². The third kappa shape index (κ3) is 1.27. The van der Waals surface area contributed by atoms with Crippen LogP contribution in [0.1, 0.15) is 19.3 Å². The summed E-state index contributed by atoms with van der Waals surface area (Å²) in [5.74, 6) is -2.74. The maximum atomic E-state index is 12.6. The van der Waals surface area contributed by atoms with Crippen molar-refractivity contribution < 1.29 is 8.78 Å². The van der Waals surface area contributed by atoms with Crippen molar-refractivity contribution in [2.24, 2.45) is 11.5 Å². The first-order chi connectivity index (χ1) is 4.54. The van der Waals surface area contributed by atoms with Crippen molar-refractivity contribution in [3.05, 3.63) is 0 Å². The summed E-state index contributed by atoms with van der Waals surface area (Å²) < 4.78 is 25.3. The highest BCUT2D eigenvalue weighted by Crippen LogP contribution is 2.31. The van der Waals surface area contributed by atoms with E-state index in [4.69, 9.17) is 11.5 Å². The Kier molecular flexibility index (Phi) is 1.92. The molecule has 4 N–H and O–H groups in total. The predicted octanol–water partition coefficient (Wildman–Crippen LogP) is 0.460. The molecule has 0 amide bonds. The van der Waals surface area contributed by atoms with Crippen LogP contribution < -0.4 is 11.5 Å². The van der Waals surface area contributed by atoms with Gasteiger partial charge in [0.05, 0.1) is 6.04 Å². The smallest absolute Gasteiger partial charge is 0.264 e. The minimum atomic E-state index is -2.74. The fourth-order valence-corrected chi connectivity index (χ4v) is 1.23. The Balaban J connectivity index is 2.60. The van der Waals surface area contributed by atoms with Crippen molar-refractivity contribution in [2.75, 3.05) is 0 Å². The molecule has 0 bridgehead atoms. The van der Waals surface area contributed by atoms with Crippen molar-refractivity contribution in [3.8, 4) is 0 Å². The van der Waals surface area contributed by atoms with E-state index in [0.29, 0.717) is 12.8 Å². The predicted molar refractivity (Wildman–Crippen MR) is 34.7 cm³/mol. The Morgan fingerprint density at radius 3 is 2.30 bits per heavy atom. The SMILES string of the molecule is NC1CCCC(F)(F)[C@@H]1N. The average molecular weight is 150 g/mol. The molecule has 1 aliphatic carbocycles. The largest absolute Gasteiger partial charge is 0.326 e. The fourth-order valence-electron chi connectivity index (χ4n) is 1.23. The fraction of sp³-hybridized carbons (Fsp3) is 1.00. The lowest BCUT2D eigenvalue weighted by atomic mass is 9.88. The lowest BCUT2D eigenvalue weighted by Crippen LogP contribution is -2.55. The van der Waals surface area contributed by atoms with Gasteiger partial charge in [0.2, 0.25) is 0 Å². The van der Waals surface area contributed by atoms with E-state index in [9.17, 15) is 8.78 Å². The van der Waals surface area contributed by atoms with Gasteiger partial charge in [0.25, 0.3) is 5.92 Å². The van der Waals surface area contributed by atoms with Crippen molar-refractivity contribution >= 4 is 0 Å². The van der Waals surface area contributed by atoms with Crippen LogP contribution in [0.3, 0.4) is 0 Å². The van der Waals surface area contributed by atoms with Gasteiger partial charge in [-0.1, -0.05) is 0 Å². The first kappa shape index (κ1) is 7.88. The summed E-state index contributed by atoms with van der Waals surface area (Å²) in [5, 5.41) is 0. The zero-order chi connectivity index (χ0) is 7.78. The van der Waals surface area contributed by atoms with E-state index in [0.717, 1.165) is 0 Å². The monoisotopic (exact) mass is 150 g/mol. The van der Waals surface area contributed by atoms with Crippen LogP contribution in [-0.4, -0.2) is 18.0 Å². The third-order valence-corrected chi connectivity index (χ3v) is 2.00. The number of hydrogen-bond acceptors (Lipinski definition) is 2. The summed E-state index contributed by atoms with van der Waals surface area (Å²) in [6, 6.07) is -1.66. The first-order valence-corrected chi connectivity index (χ1v) is 3.43. The Hall–Kier alpha value is -0.220. The van der Waals surface area contributed by atoms with Crippen LogP contribution in [0.4, 0.5) is 8.78 Å². The van der Waals surface area contributed by atoms with Crippen LogP contribution in [0, 0.1) is 0 Å². The second kappa shape index (κ2) is 2.43. The maximum Gasteiger partial charge on any atom is 0.264 e. The number of rotatable bonds is 0. The molecule has 1 aliphatic rings. The van der Waals surface area contributed by atoms with E-state index in [-0.39, 0.29) is 6.42 Å². The molecule has 1 saturated carbocycles. The minimum Gasteiger partial charge on any atom is -0.326 e. The summed E-state index contributed by atoms with van der Waals surface area (Å²) in [4.78, 5) is 0. The summed E-state index contributed by atoms with van der Waals surface area (Å²) >= 11 is 0. The zero-order valence-corrected chi connectivity index (χ0v) is 5.69. The molecule has 1 rings (SSSR count). The molecule has 0 aliphatic heterocycles. The quantitative estimate of drug-likeness (QED) is 0.527. The van der Waals surface area contributed by atoms with E-state index >= 15 is 0 Å². The van der Waals surface area contributed by atoms with Gasteiger partial charge in [-0.25, -0.2) is 8.78 Å². The first-order valence-electron chi connectivity index (χ1n) is 3.43. The minimum absolute atomic E-state index is 0.109. The van der Waals surface area contributed by atoms with E-state index in [1.807, 2.05) is 0 Å². The van der Waals surface area contributed by atoms with Crippen LogP contribution in [-0.2, 0) is 0 Å². The Morgan fingerprint density at radius 1 is 1.30 bits per heavy atom. The molecule has 2 nitrogen and oxygen atoms in total. The lowest BCUT2D eigenvalue weighted by Gasteiger charge is -2.32. The molecule has 0 heterocycles. The second-order valence-corrected chi connectivity index (χ2v) is 2.84. The van der Waals surface area contributed by atoms with E-state index in [2.05, 4.69) is 0 Å². The van der Waals surface area contributed by atoms with Crippen LogP contribution in [0.25, 0.3) is 0 Å². The normalized spacial score (nSPS) is 39.6. The highest BCUT2D eigenvalue weighted by molar-refractivity contribution is 4.92. The van der Waals surface area contributed by atoms with Gasteiger partial charge >= 0.3 is 0 Å². The van der Waals surface area contributed by atoms with Gasteiger partial charge in [0.1, 0.15) is 0 Å². The summed E-state index contributed by atoms with van der Waals surface area (Å²) in [7, 11) is 0.